The van der Waals surface area contributed by atoms with Crippen molar-refractivity contribution in [3.05, 3.63) is 34.9 Å². The fraction of sp³-hybridized carbons (Fsp3) is 0.647. The van der Waals surface area contributed by atoms with Crippen LogP contribution in [0.5, 0.6) is 0 Å². The number of nitrogens with two attached hydrogens (primary N) is 1. The van der Waals surface area contributed by atoms with E-state index in [0.29, 0.717) is 12.0 Å². The Bertz CT molecular complexity index is 411. The number of hydrazine groups is 1. The van der Waals surface area contributed by atoms with Gasteiger partial charge in [0, 0.05) is 11.1 Å². The minimum absolute atomic E-state index is 0.363. The quantitative estimate of drug-likeness (QED) is 0.631. The highest BCUT2D eigenvalue weighted by atomic mass is 35.5. The third-order valence-corrected chi connectivity index (χ3v) is 5.12. The molecule has 1 aliphatic carbocycles. The molecule has 0 aromatic heterocycles. The Hall–Kier alpha value is -0.570. The fourth-order valence-electron chi connectivity index (χ4n) is 3.49. The standard InChI is InChI=1S/C17H27ClN2/c1-12(2)14-6-8-15(9-7-14)17(20-19)11-13-4-3-5-16(18)10-13/h3-5,10,12,14-15,17,20H,6-9,11,19H2,1-2H3. The van der Waals surface area contributed by atoms with E-state index in [1.54, 1.807) is 0 Å². The zero-order valence-corrected chi connectivity index (χ0v) is 13.4. The minimum Gasteiger partial charge on any atom is -0.271 e. The Morgan fingerprint density at radius 1 is 1.20 bits per heavy atom. The Balaban J connectivity index is 1.92. The molecule has 3 N–H and O–H groups in total. The molecule has 0 aliphatic heterocycles. The SMILES string of the molecule is CC(C)C1CCC(C(Cc2cccc(Cl)c2)NN)CC1. The van der Waals surface area contributed by atoms with Crippen LogP contribution in [0.25, 0.3) is 0 Å². The smallest absolute Gasteiger partial charge is 0.0408 e. The summed E-state index contributed by atoms with van der Waals surface area (Å²) in [6, 6.07) is 8.48. The van der Waals surface area contributed by atoms with E-state index in [4.69, 9.17) is 17.4 Å². The molecule has 1 saturated carbocycles. The number of hydrogen-bond donors (Lipinski definition) is 2. The highest BCUT2D eigenvalue weighted by Gasteiger charge is 2.28. The van der Waals surface area contributed by atoms with Gasteiger partial charge >= 0.3 is 0 Å². The van der Waals surface area contributed by atoms with Crippen LogP contribution in [-0.2, 0) is 6.42 Å². The van der Waals surface area contributed by atoms with Gasteiger partial charge in [-0.2, -0.15) is 0 Å². The van der Waals surface area contributed by atoms with Gasteiger partial charge in [-0.25, -0.2) is 0 Å². The number of halogens is 1. The van der Waals surface area contributed by atoms with Crippen molar-refractivity contribution in [2.24, 2.45) is 23.6 Å². The second-order valence-corrected chi connectivity index (χ2v) is 6.96. The van der Waals surface area contributed by atoms with Gasteiger partial charge in [0.1, 0.15) is 0 Å². The topological polar surface area (TPSA) is 38.0 Å². The Kier molecular flexibility index (Phi) is 5.88. The van der Waals surface area contributed by atoms with Gasteiger partial charge in [0.15, 0.2) is 0 Å². The average Bonchev–Trinajstić information content (AvgIpc) is 2.45. The van der Waals surface area contributed by atoms with Gasteiger partial charge in [0.2, 0.25) is 0 Å². The number of benzene rings is 1. The Morgan fingerprint density at radius 2 is 1.85 bits per heavy atom. The van der Waals surface area contributed by atoms with Crippen LogP contribution < -0.4 is 11.3 Å². The molecular weight excluding hydrogens is 268 g/mol. The molecule has 1 atom stereocenters. The van der Waals surface area contributed by atoms with E-state index >= 15 is 0 Å². The molecule has 0 bridgehead atoms. The number of nitrogens with one attached hydrogen (secondary N) is 1. The molecule has 0 saturated heterocycles. The summed E-state index contributed by atoms with van der Waals surface area (Å²) < 4.78 is 0. The van der Waals surface area contributed by atoms with E-state index in [1.807, 2.05) is 18.2 Å². The first-order valence-electron chi connectivity index (χ1n) is 7.80. The minimum atomic E-state index is 0.363. The summed E-state index contributed by atoms with van der Waals surface area (Å²) in [5.41, 5.74) is 4.31. The maximum absolute atomic E-state index is 6.06. The summed E-state index contributed by atoms with van der Waals surface area (Å²) in [7, 11) is 0. The summed E-state index contributed by atoms with van der Waals surface area (Å²) in [5, 5.41) is 0.807. The van der Waals surface area contributed by atoms with E-state index in [9.17, 15) is 0 Å². The monoisotopic (exact) mass is 294 g/mol. The lowest BCUT2D eigenvalue weighted by Crippen LogP contribution is -2.44. The lowest BCUT2D eigenvalue weighted by molar-refractivity contribution is 0.188. The van der Waals surface area contributed by atoms with E-state index < -0.39 is 0 Å². The molecular formula is C17H27ClN2. The van der Waals surface area contributed by atoms with Gasteiger partial charge in [-0.05, 0) is 67.6 Å². The predicted octanol–water partition coefficient (Wildman–Crippen LogP) is 4.18. The van der Waals surface area contributed by atoms with Crippen LogP contribution in [0, 0.1) is 17.8 Å². The molecule has 20 heavy (non-hydrogen) atoms. The van der Waals surface area contributed by atoms with Crippen LogP contribution in [0.15, 0.2) is 24.3 Å². The van der Waals surface area contributed by atoms with Crippen LogP contribution in [0.4, 0.5) is 0 Å². The fourth-order valence-corrected chi connectivity index (χ4v) is 3.71. The van der Waals surface area contributed by atoms with Crippen molar-refractivity contribution in [2.45, 2.75) is 52.0 Å². The molecule has 1 unspecified atom stereocenters. The van der Waals surface area contributed by atoms with Crippen molar-refractivity contribution in [3.8, 4) is 0 Å². The molecule has 0 radical (unpaired) electrons. The first kappa shape index (κ1) is 15.8. The molecule has 3 heteroatoms. The molecule has 112 valence electrons. The van der Waals surface area contributed by atoms with E-state index in [1.165, 1.54) is 31.2 Å². The van der Waals surface area contributed by atoms with Crippen LogP contribution >= 0.6 is 11.6 Å². The maximum Gasteiger partial charge on any atom is 0.0408 e. The van der Waals surface area contributed by atoms with Crippen LogP contribution in [0.2, 0.25) is 5.02 Å². The van der Waals surface area contributed by atoms with Crippen molar-refractivity contribution >= 4 is 11.6 Å². The Labute approximate surface area is 128 Å². The normalized spacial score (nSPS) is 24.9. The molecule has 1 aliphatic rings. The third kappa shape index (κ3) is 4.21. The zero-order valence-electron chi connectivity index (χ0n) is 12.6. The molecule has 2 nitrogen and oxygen atoms in total. The molecule has 2 rings (SSSR count). The predicted molar refractivity (Wildman–Crippen MR) is 86.6 cm³/mol. The summed E-state index contributed by atoms with van der Waals surface area (Å²) in [6.45, 7) is 4.69. The van der Waals surface area contributed by atoms with Crippen LogP contribution in [-0.4, -0.2) is 6.04 Å². The van der Waals surface area contributed by atoms with Crippen molar-refractivity contribution < 1.29 is 0 Å². The second-order valence-electron chi connectivity index (χ2n) is 6.53. The summed E-state index contributed by atoms with van der Waals surface area (Å²) >= 11 is 6.06. The Morgan fingerprint density at radius 3 is 2.40 bits per heavy atom. The first-order chi connectivity index (χ1) is 9.60. The van der Waals surface area contributed by atoms with E-state index in [2.05, 4.69) is 25.3 Å². The second kappa shape index (κ2) is 7.44. The molecule has 1 fully saturated rings. The summed E-state index contributed by atoms with van der Waals surface area (Å²) in [4.78, 5) is 0. The van der Waals surface area contributed by atoms with Gasteiger partial charge in [0.25, 0.3) is 0 Å². The highest BCUT2D eigenvalue weighted by Crippen LogP contribution is 2.35. The van der Waals surface area contributed by atoms with Crippen molar-refractivity contribution in [3.63, 3.8) is 0 Å². The van der Waals surface area contributed by atoms with E-state index in [-0.39, 0.29) is 0 Å². The van der Waals surface area contributed by atoms with Gasteiger partial charge in [-0.15, -0.1) is 0 Å². The lowest BCUT2D eigenvalue weighted by Gasteiger charge is -2.35. The van der Waals surface area contributed by atoms with Crippen molar-refractivity contribution in [1.29, 1.82) is 0 Å². The molecule has 0 heterocycles. The molecule has 1 aromatic rings. The van der Waals surface area contributed by atoms with Crippen molar-refractivity contribution in [1.82, 2.24) is 5.43 Å². The summed E-state index contributed by atoms with van der Waals surface area (Å²) in [5.74, 6) is 8.20. The average molecular weight is 295 g/mol. The largest absolute Gasteiger partial charge is 0.271 e. The number of hydrogen-bond acceptors (Lipinski definition) is 2. The zero-order chi connectivity index (χ0) is 14.5. The van der Waals surface area contributed by atoms with Gasteiger partial charge < -0.3 is 0 Å². The van der Waals surface area contributed by atoms with Gasteiger partial charge in [0.05, 0.1) is 0 Å². The summed E-state index contributed by atoms with van der Waals surface area (Å²) in [6.07, 6.45) is 6.23. The van der Waals surface area contributed by atoms with Gasteiger partial charge in [-0.3, -0.25) is 11.3 Å². The van der Waals surface area contributed by atoms with Crippen molar-refractivity contribution in [2.75, 3.05) is 0 Å². The highest BCUT2D eigenvalue weighted by molar-refractivity contribution is 6.30. The van der Waals surface area contributed by atoms with Crippen LogP contribution in [0.1, 0.15) is 45.1 Å². The lowest BCUT2D eigenvalue weighted by atomic mass is 9.74. The first-order valence-corrected chi connectivity index (χ1v) is 8.18. The molecule has 0 amide bonds. The molecule has 1 aromatic carbocycles. The third-order valence-electron chi connectivity index (χ3n) is 4.89. The van der Waals surface area contributed by atoms with Gasteiger partial charge in [-0.1, -0.05) is 37.6 Å². The van der Waals surface area contributed by atoms with E-state index in [0.717, 1.165) is 23.3 Å². The number of rotatable bonds is 5. The van der Waals surface area contributed by atoms with Crippen LogP contribution in [0.3, 0.4) is 0 Å². The maximum atomic E-state index is 6.06. The molecule has 0 spiro atoms.